The second-order valence-corrected chi connectivity index (χ2v) is 5.71. The molecule has 130 valence electrons. The number of aromatic nitrogens is 2. The van der Waals surface area contributed by atoms with Crippen LogP contribution in [0.3, 0.4) is 0 Å². The van der Waals surface area contributed by atoms with E-state index >= 15 is 0 Å². The van der Waals surface area contributed by atoms with E-state index in [1.54, 1.807) is 18.2 Å². The van der Waals surface area contributed by atoms with Gasteiger partial charge in [-0.25, -0.2) is 9.78 Å². The molecule has 2 rings (SSSR count). The van der Waals surface area contributed by atoms with E-state index in [2.05, 4.69) is 46.1 Å². The Bertz CT molecular complexity index is 654. The van der Waals surface area contributed by atoms with Crippen molar-refractivity contribution in [3.63, 3.8) is 0 Å². The monoisotopic (exact) mass is 330 g/mol. The number of methoxy groups -OCH3 is 1. The van der Waals surface area contributed by atoms with Crippen molar-refractivity contribution in [2.45, 2.75) is 26.9 Å². The maximum Gasteiger partial charge on any atom is 0.317 e. The molecule has 2 aromatic rings. The molecule has 1 aromatic heterocycles. The zero-order chi connectivity index (χ0) is 17.4. The predicted molar refractivity (Wildman–Crippen MR) is 93.9 cm³/mol. The molecule has 0 atom stereocenters. The molecule has 0 aliphatic heterocycles. The Kier molecular flexibility index (Phi) is 6.81. The van der Waals surface area contributed by atoms with Gasteiger partial charge in [-0.05, 0) is 19.4 Å². The minimum atomic E-state index is -0.0975. The van der Waals surface area contributed by atoms with Gasteiger partial charge in [0.25, 0.3) is 0 Å². The Morgan fingerprint density at radius 1 is 1.42 bits per heavy atom. The van der Waals surface area contributed by atoms with Crippen LogP contribution in [0.1, 0.15) is 23.9 Å². The number of urea groups is 1. The molecular formula is C18H26N4O2. The van der Waals surface area contributed by atoms with Crippen molar-refractivity contribution in [2.75, 3.05) is 26.8 Å². The lowest BCUT2D eigenvalue weighted by atomic mass is 10.1. The highest BCUT2D eigenvalue weighted by Gasteiger charge is 2.15. The average molecular weight is 330 g/mol. The van der Waals surface area contributed by atoms with Crippen LogP contribution in [0.15, 0.2) is 36.7 Å². The summed E-state index contributed by atoms with van der Waals surface area (Å²) in [6, 6.07) is 8.31. The zero-order valence-corrected chi connectivity index (χ0v) is 14.7. The van der Waals surface area contributed by atoms with Crippen molar-refractivity contribution >= 4 is 6.03 Å². The number of rotatable bonds is 8. The van der Waals surface area contributed by atoms with Crippen LogP contribution in [0, 0.1) is 6.92 Å². The Balaban J connectivity index is 2.10. The third kappa shape index (κ3) is 5.09. The van der Waals surface area contributed by atoms with Crippen molar-refractivity contribution in [3.05, 3.63) is 53.6 Å². The van der Waals surface area contributed by atoms with E-state index < -0.39 is 0 Å². The number of imidazole rings is 1. The molecule has 0 spiro atoms. The number of amides is 2. The van der Waals surface area contributed by atoms with Gasteiger partial charge in [-0.2, -0.15) is 0 Å². The maximum atomic E-state index is 12.2. The van der Waals surface area contributed by atoms with Crippen LogP contribution in [0.2, 0.25) is 0 Å². The maximum absolute atomic E-state index is 12.2. The van der Waals surface area contributed by atoms with E-state index in [9.17, 15) is 4.79 Å². The standard InChI is InChI=1S/C18H26N4O2/c1-4-19-18(23)22(10-11-24-3)14-17-20-8-9-21(17)13-16-7-5-6-15(2)12-16/h5-9,12H,4,10-11,13-14H2,1-3H3,(H,19,23). The summed E-state index contributed by atoms with van der Waals surface area (Å²) in [6.45, 7) is 6.80. The van der Waals surface area contributed by atoms with Gasteiger partial charge in [0.2, 0.25) is 0 Å². The van der Waals surface area contributed by atoms with Crippen LogP contribution in [0.5, 0.6) is 0 Å². The van der Waals surface area contributed by atoms with E-state index in [-0.39, 0.29) is 6.03 Å². The van der Waals surface area contributed by atoms with Crippen LogP contribution < -0.4 is 5.32 Å². The molecule has 0 radical (unpaired) electrons. The van der Waals surface area contributed by atoms with Gasteiger partial charge in [0.1, 0.15) is 5.82 Å². The molecule has 0 aliphatic carbocycles. The molecule has 1 N–H and O–H groups in total. The molecular weight excluding hydrogens is 304 g/mol. The first kappa shape index (κ1) is 18.0. The number of aryl methyl sites for hydroxylation is 1. The number of ether oxygens (including phenoxy) is 1. The Hall–Kier alpha value is -2.34. The molecule has 0 aliphatic rings. The number of benzene rings is 1. The van der Waals surface area contributed by atoms with Crippen molar-refractivity contribution in [3.8, 4) is 0 Å². The van der Waals surface area contributed by atoms with E-state index in [1.165, 1.54) is 11.1 Å². The number of carbonyl (C=O) groups excluding carboxylic acids is 1. The van der Waals surface area contributed by atoms with Gasteiger partial charge < -0.3 is 19.5 Å². The topological polar surface area (TPSA) is 59.4 Å². The quantitative estimate of drug-likeness (QED) is 0.809. The molecule has 0 unspecified atom stereocenters. The number of hydrogen-bond acceptors (Lipinski definition) is 3. The number of hydrogen-bond donors (Lipinski definition) is 1. The molecule has 1 heterocycles. The van der Waals surface area contributed by atoms with Crippen LogP contribution in [-0.2, 0) is 17.8 Å². The first-order valence-corrected chi connectivity index (χ1v) is 8.21. The summed E-state index contributed by atoms with van der Waals surface area (Å²) < 4.78 is 7.19. The van der Waals surface area contributed by atoms with Crippen LogP contribution >= 0.6 is 0 Å². The fourth-order valence-corrected chi connectivity index (χ4v) is 2.53. The lowest BCUT2D eigenvalue weighted by Crippen LogP contribution is -2.41. The Morgan fingerprint density at radius 2 is 2.25 bits per heavy atom. The summed E-state index contributed by atoms with van der Waals surface area (Å²) in [5.41, 5.74) is 2.45. The molecule has 1 aromatic carbocycles. The Morgan fingerprint density at radius 3 is 2.96 bits per heavy atom. The highest BCUT2D eigenvalue weighted by atomic mass is 16.5. The SMILES string of the molecule is CCNC(=O)N(CCOC)Cc1nccn1Cc1cccc(C)c1. The average Bonchev–Trinajstić information content (AvgIpc) is 2.98. The van der Waals surface area contributed by atoms with E-state index in [0.29, 0.717) is 26.2 Å². The fourth-order valence-electron chi connectivity index (χ4n) is 2.53. The minimum Gasteiger partial charge on any atom is -0.383 e. The largest absolute Gasteiger partial charge is 0.383 e. The van der Waals surface area contributed by atoms with Gasteiger partial charge in [0.15, 0.2) is 0 Å². The van der Waals surface area contributed by atoms with Gasteiger partial charge in [0, 0.05) is 39.1 Å². The normalized spacial score (nSPS) is 10.6. The lowest BCUT2D eigenvalue weighted by Gasteiger charge is -2.22. The highest BCUT2D eigenvalue weighted by molar-refractivity contribution is 5.74. The van der Waals surface area contributed by atoms with Crippen molar-refractivity contribution < 1.29 is 9.53 Å². The van der Waals surface area contributed by atoms with E-state index in [0.717, 1.165) is 12.4 Å². The van der Waals surface area contributed by atoms with Gasteiger partial charge >= 0.3 is 6.03 Å². The van der Waals surface area contributed by atoms with Gasteiger partial charge in [-0.15, -0.1) is 0 Å². The predicted octanol–water partition coefficient (Wildman–Crippen LogP) is 2.42. The first-order chi connectivity index (χ1) is 11.6. The van der Waals surface area contributed by atoms with Crippen LogP contribution in [-0.4, -0.2) is 47.3 Å². The minimum absolute atomic E-state index is 0.0975. The van der Waals surface area contributed by atoms with Crippen LogP contribution in [0.25, 0.3) is 0 Å². The summed E-state index contributed by atoms with van der Waals surface area (Å²) in [5, 5.41) is 2.84. The van der Waals surface area contributed by atoms with Crippen molar-refractivity contribution in [1.29, 1.82) is 0 Å². The fraction of sp³-hybridized carbons (Fsp3) is 0.444. The smallest absolute Gasteiger partial charge is 0.317 e. The number of nitrogens with zero attached hydrogens (tertiary/aromatic N) is 3. The second-order valence-electron chi connectivity index (χ2n) is 5.71. The van der Waals surface area contributed by atoms with Gasteiger partial charge in [-0.3, -0.25) is 0 Å². The molecule has 6 nitrogen and oxygen atoms in total. The Labute approximate surface area is 143 Å². The summed E-state index contributed by atoms with van der Waals surface area (Å²) in [4.78, 5) is 18.4. The molecule has 2 amide bonds. The second kappa shape index (κ2) is 9.08. The summed E-state index contributed by atoms with van der Waals surface area (Å²) in [5.74, 6) is 0.860. The zero-order valence-electron chi connectivity index (χ0n) is 14.7. The lowest BCUT2D eigenvalue weighted by molar-refractivity contribution is 0.145. The van der Waals surface area contributed by atoms with E-state index in [4.69, 9.17) is 4.74 Å². The molecule has 0 bridgehead atoms. The molecule has 6 heteroatoms. The van der Waals surface area contributed by atoms with E-state index in [1.807, 2.05) is 13.1 Å². The molecule has 24 heavy (non-hydrogen) atoms. The molecule has 0 saturated heterocycles. The van der Waals surface area contributed by atoms with Gasteiger partial charge in [0.05, 0.1) is 13.2 Å². The summed E-state index contributed by atoms with van der Waals surface area (Å²) in [6.07, 6.45) is 3.72. The third-order valence-electron chi connectivity index (χ3n) is 3.75. The van der Waals surface area contributed by atoms with Gasteiger partial charge in [-0.1, -0.05) is 29.8 Å². The van der Waals surface area contributed by atoms with Crippen molar-refractivity contribution in [2.24, 2.45) is 0 Å². The molecule has 0 fully saturated rings. The third-order valence-corrected chi connectivity index (χ3v) is 3.75. The highest BCUT2D eigenvalue weighted by Crippen LogP contribution is 2.10. The molecule has 0 saturated carbocycles. The summed E-state index contributed by atoms with van der Waals surface area (Å²) in [7, 11) is 1.63. The summed E-state index contributed by atoms with van der Waals surface area (Å²) >= 11 is 0. The number of carbonyl (C=O) groups is 1. The first-order valence-electron chi connectivity index (χ1n) is 8.21. The van der Waals surface area contributed by atoms with Crippen molar-refractivity contribution in [1.82, 2.24) is 19.8 Å². The van der Waals surface area contributed by atoms with Crippen LogP contribution in [0.4, 0.5) is 4.79 Å². The number of nitrogens with one attached hydrogen (secondary N) is 1.